The zero-order valence-electron chi connectivity index (χ0n) is 9.45. The summed E-state index contributed by atoms with van der Waals surface area (Å²) in [5.74, 6) is 0.668. The molecule has 1 atom stereocenters. The maximum Gasteiger partial charge on any atom is 0.556 e. The average molecular weight is 245 g/mol. The molecule has 86 valence electrons. The fraction of sp³-hybridized carbons (Fsp3) is 0.143. The smallest absolute Gasteiger partial charge is 0.254 e. The van der Waals surface area contributed by atoms with Gasteiger partial charge < -0.3 is 0 Å². The van der Waals surface area contributed by atoms with Crippen LogP contribution in [0, 0.1) is 0 Å². The molecule has 0 N–H and O–H groups in total. The largest absolute Gasteiger partial charge is 0.556 e. The first kappa shape index (κ1) is 11.8. The van der Waals surface area contributed by atoms with E-state index < -0.39 is 8.03 Å². The summed E-state index contributed by atoms with van der Waals surface area (Å²) in [7, 11) is -1.63. The number of aryl methyl sites for hydroxylation is 1. The zero-order chi connectivity index (χ0) is 11.9. The first-order valence-corrected chi connectivity index (χ1v) is 6.92. The Balaban J connectivity index is 1.83. The highest BCUT2D eigenvalue weighted by atomic mass is 31.1. The van der Waals surface area contributed by atoms with Crippen LogP contribution in [0.3, 0.4) is 0 Å². The molecule has 0 saturated heterocycles. The van der Waals surface area contributed by atoms with E-state index in [4.69, 9.17) is 4.52 Å². The van der Waals surface area contributed by atoms with Crippen LogP contribution in [-0.4, -0.2) is 6.16 Å². The Labute approximate surface area is 102 Å². The van der Waals surface area contributed by atoms with Crippen LogP contribution in [-0.2, 0) is 11.0 Å². The highest BCUT2D eigenvalue weighted by Crippen LogP contribution is 2.27. The van der Waals surface area contributed by atoms with E-state index in [2.05, 4.69) is 0 Å². The SMILES string of the molecule is O=[P+](CCc1ccccc1)Oc1ccccc1. The molecule has 2 aromatic carbocycles. The zero-order valence-corrected chi connectivity index (χ0v) is 10.3. The van der Waals surface area contributed by atoms with E-state index in [0.29, 0.717) is 11.9 Å². The third-order valence-corrected chi connectivity index (χ3v) is 3.38. The van der Waals surface area contributed by atoms with E-state index in [9.17, 15) is 4.57 Å². The van der Waals surface area contributed by atoms with Crippen molar-refractivity contribution in [3.63, 3.8) is 0 Å². The lowest BCUT2D eigenvalue weighted by molar-refractivity contribution is 0.504. The van der Waals surface area contributed by atoms with Crippen molar-refractivity contribution in [1.29, 1.82) is 0 Å². The second kappa shape index (κ2) is 6.17. The Kier molecular flexibility index (Phi) is 4.29. The lowest BCUT2D eigenvalue weighted by Crippen LogP contribution is -1.91. The van der Waals surface area contributed by atoms with Gasteiger partial charge in [-0.15, -0.1) is 0 Å². The lowest BCUT2D eigenvalue weighted by atomic mass is 10.2. The molecule has 0 heterocycles. The Morgan fingerprint density at radius 3 is 2.12 bits per heavy atom. The normalized spacial score (nSPS) is 10.9. The molecular weight excluding hydrogens is 231 g/mol. The molecule has 0 amide bonds. The lowest BCUT2D eigenvalue weighted by Gasteiger charge is -1.95. The summed E-state index contributed by atoms with van der Waals surface area (Å²) in [5.41, 5.74) is 1.19. The highest BCUT2D eigenvalue weighted by molar-refractivity contribution is 7.39. The fourth-order valence-electron chi connectivity index (χ4n) is 1.51. The topological polar surface area (TPSA) is 26.3 Å². The van der Waals surface area contributed by atoms with Crippen LogP contribution in [0.15, 0.2) is 60.7 Å². The average Bonchev–Trinajstić information content (AvgIpc) is 2.39. The van der Waals surface area contributed by atoms with Gasteiger partial charge in [0.05, 0.1) is 0 Å². The molecule has 0 bridgehead atoms. The van der Waals surface area contributed by atoms with Crippen molar-refractivity contribution in [3.05, 3.63) is 66.2 Å². The molecule has 0 saturated carbocycles. The molecule has 0 aliphatic rings. The summed E-state index contributed by atoms with van der Waals surface area (Å²) >= 11 is 0. The van der Waals surface area contributed by atoms with Crippen LogP contribution in [0.4, 0.5) is 0 Å². The molecule has 2 rings (SSSR count). The molecule has 0 aromatic heterocycles. The minimum absolute atomic E-state index is 0.550. The quantitative estimate of drug-likeness (QED) is 0.743. The Hall–Kier alpha value is -1.66. The standard InChI is InChI=1S/C14H14O2P/c15-17(16-14-9-5-2-6-10-14)12-11-13-7-3-1-4-8-13/h1-10H,11-12H2/q+1. The summed E-state index contributed by atoms with van der Waals surface area (Å²) in [6, 6.07) is 19.3. The summed E-state index contributed by atoms with van der Waals surface area (Å²) < 4.78 is 17.1. The molecule has 3 heteroatoms. The van der Waals surface area contributed by atoms with Gasteiger partial charge in [0.25, 0.3) is 0 Å². The van der Waals surface area contributed by atoms with Crippen molar-refractivity contribution in [2.75, 3.05) is 6.16 Å². The molecule has 2 nitrogen and oxygen atoms in total. The second-order valence-electron chi connectivity index (χ2n) is 3.70. The summed E-state index contributed by atoms with van der Waals surface area (Å²) in [6.45, 7) is 0. The van der Waals surface area contributed by atoms with Gasteiger partial charge in [0.2, 0.25) is 0 Å². The van der Waals surface area contributed by atoms with Crippen molar-refractivity contribution < 1.29 is 9.09 Å². The molecular formula is C14H14O2P+. The van der Waals surface area contributed by atoms with Gasteiger partial charge in [0, 0.05) is 6.42 Å². The van der Waals surface area contributed by atoms with Crippen molar-refractivity contribution in [1.82, 2.24) is 0 Å². The van der Waals surface area contributed by atoms with Crippen LogP contribution in [0.2, 0.25) is 0 Å². The Morgan fingerprint density at radius 1 is 0.882 bits per heavy atom. The maximum absolute atomic E-state index is 11.7. The van der Waals surface area contributed by atoms with E-state index in [1.165, 1.54) is 5.56 Å². The van der Waals surface area contributed by atoms with Crippen LogP contribution < -0.4 is 4.52 Å². The van der Waals surface area contributed by atoms with Gasteiger partial charge in [-0.05, 0) is 22.3 Å². The molecule has 17 heavy (non-hydrogen) atoms. The second-order valence-corrected chi connectivity index (χ2v) is 4.99. The van der Waals surface area contributed by atoms with E-state index >= 15 is 0 Å². The van der Waals surface area contributed by atoms with Gasteiger partial charge in [-0.3, -0.25) is 4.52 Å². The van der Waals surface area contributed by atoms with Crippen LogP contribution in [0.1, 0.15) is 5.56 Å². The Bertz CT molecular complexity index is 468. The van der Waals surface area contributed by atoms with Crippen LogP contribution in [0.5, 0.6) is 5.75 Å². The first-order chi connectivity index (χ1) is 8.34. The third-order valence-electron chi connectivity index (χ3n) is 2.38. The maximum atomic E-state index is 11.7. The summed E-state index contributed by atoms with van der Waals surface area (Å²) in [5, 5.41) is 0. The van der Waals surface area contributed by atoms with Gasteiger partial charge in [-0.2, -0.15) is 0 Å². The summed E-state index contributed by atoms with van der Waals surface area (Å²) in [4.78, 5) is 0. The van der Waals surface area contributed by atoms with Gasteiger partial charge >= 0.3 is 8.03 Å². The van der Waals surface area contributed by atoms with E-state index in [0.717, 1.165) is 6.42 Å². The van der Waals surface area contributed by atoms with Crippen LogP contribution >= 0.6 is 8.03 Å². The van der Waals surface area contributed by atoms with Crippen molar-refractivity contribution in [2.24, 2.45) is 0 Å². The predicted octanol–water partition coefficient (Wildman–Crippen LogP) is 4.05. The van der Waals surface area contributed by atoms with Crippen molar-refractivity contribution in [2.45, 2.75) is 6.42 Å². The Morgan fingerprint density at radius 2 is 1.47 bits per heavy atom. The first-order valence-electron chi connectivity index (χ1n) is 5.56. The number of hydrogen-bond acceptors (Lipinski definition) is 2. The van der Waals surface area contributed by atoms with Gasteiger partial charge in [-0.25, -0.2) is 0 Å². The molecule has 0 fully saturated rings. The third kappa shape index (κ3) is 4.01. The molecule has 2 aromatic rings. The minimum atomic E-state index is -1.63. The highest BCUT2D eigenvalue weighted by Gasteiger charge is 2.18. The number of benzene rings is 2. The summed E-state index contributed by atoms with van der Waals surface area (Å²) in [6.07, 6.45) is 1.33. The number of hydrogen-bond donors (Lipinski definition) is 0. The van der Waals surface area contributed by atoms with Gasteiger partial charge in [-0.1, -0.05) is 48.5 Å². The number of para-hydroxylation sites is 1. The van der Waals surface area contributed by atoms with Gasteiger partial charge in [0.1, 0.15) is 0 Å². The van der Waals surface area contributed by atoms with Gasteiger partial charge in [0.15, 0.2) is 11.9 Å². The van der Waals surface area contributed by atoms with E-state index in [1.807, 2.05) is 60.7 Å². The van der Waals surface area contributed by atoms with Crippen molar-refractivity contribution in [3.8, 4) is 5.75 Å². The molecule has 0 radical (unpaired) electrons. The van der Waals surface area contributed by atoms with E-state index in [1.54, 1.807) is 0 Å². The van der Waals surface area contributed by atoms with Crippen molar-refractivity contribution >= 4 is 8.03 Å². The molecule has 0 aliphatic carbocycles. The van der Waals surface area contributed by atoms with E-state index in [-0.39, 0.29) is 0 Å². The monoisotopic (exact) mass is 245 g/mol. The van der Waals surface area contributed by atoms with Crippen LogP contribution in [0.25, 0.3) is 0 Å². The minimum Gasteiger partial charge on any atom is -0.254 e. The molecule has 0 aliphatic heterocycles. The molecule has 1 unspecified atom stereocenters. The fourth-order valence-corrected chi connectivity index (χ4v) is 2.40. The number of rotatable bonds is 5. The molecule has 0 spiro atoms. The predicted molar refractivity (Wildman–Crippen MR) is 69.7 cm³/mol.